The number of unbranched alkanes of at least 4 members (excludes halogenated alkanes) is 8. The summed E-state index contributed by atoms with van der Waals surface area (Å²) < 4.78 is 32.5. The maximum Gasteiger partial charge on any atom is 0.472 e. The number of nitrogens with two attached hydrogens (primary N) is 1. The first-order valence-electron chi connectivity index (χ1n) is 18.4. The number of ether oxygens (including phenoxy) is 2. The monoisotopic (exact) mass is 707 g/mol. The van der Waals surface area contributed by atoms with Gasteiger partial charge in [-0.05, 0) is 51.4 Å². The van der Waals surface area contributed by atoms with Gasteiger partial charge < -0.3 is 20.1 Å². The van der Waals surface area contributed by atoms with E-state index in [1.54, 1.807) is 0 Å². The zero-order valence-corrected chi connectivity index (χ0v) is 31.3. The second-order valence-corrected chi connectivity index (χ2v) is 13.2. The maximum atomic E-state index is 12.4. The van der Waals surface area contributed by atoms with E-state index < -0.39 is 32.5 Å². The minimum absolute atomic E-state index is 0.0411. The van der Waals surface area contributed by atoms with Gasteiger partial charge in [-0.2, -0.15) is 0 Å². The molecule has 9 nitrogen and oxygen atoms in total. The van der Waals surface area contributed by atoms with Gasteiger partial charge in [0.05, 0.1) is 13.2 Å². The van der Waals surface area contributed by atoms with Gasteiger partial charge in [-0.25, -0.2) is 4.57 Å². The lowest BCUT2D eigenvalue weighted by Crippen LogP contribution is -2.29. The highest BCUT2D eigenvalue weighted by Crippen LogP contribution is 2.43. The summed E-state index contributed by atoms with van der Waals surface area (Å²) in [5.74, 6) is -0.938. The zero-order valence-electron chi connectivity index (χ0n) is 30.4. The van der Waals surface area contributed by atoms with E-state index in [0.717, 1.165) is 57.8 Å². The molecule has 0 saturated carbocycles. The van der Waals surface area contributed by atoms with Crippen LogP contribution in [0.3, 0.4) is 0 Å². The molecule has 0 aromatic heterocycles. The lowest BCUT2D eigenvalue weighted by Gasteiger charge is -2.19. The molecule has 0 saturated heterocycles. The van der Waals surface area contributed by atoms with Crippen molar-refractivity contribution in [3.8, 4) is 0 Å². The van der Waals surface area contributed by atoms with E-state index in [2.05, 4.69) is 74.6 Å². The summed E-state index contributed by atoms with van der Waals surface area (Å²) >= 11 is 0. The Labute approximate surface area is 297 Å². The summed E-state index contributed by atoms with van der Waals surface area (Å²) in [4.78, 5) is 34.6. The predicted molar refractivity (Wildman–Crippen MR) is 201 cm³/mol. The van der Waals surface area contributed by atoms with Crippen LogP contribution in [0.15, 0.2) is 72.9 Å². The van der Waals surface area contributed by atoms with Crippen LogP contribution in [0.25, 0.3) is 0 Å². The number of carbonyl (C=O) groups is 2. The molecular formula is C39H66NO8P. The molecule has 0 rings (SSSR count). The zero-order chi connectivity index (χ0) is 36.1. The summed E-state index contributed by atoms with van der Waals surface area (Å²) in [6, 6.07) is 0. The molecular weight excluding hydrogens is 641 g/mol. The molecule has 49 heavy (non-hydrogen) atoms. The smallest absolute Gasteiger partial charge is 0.462 e. The fourth-order valence-electron chi connectivity index (χ4n) is 4.42. The van der Waals surface area contributed by atoms with Crippen molar-refractivity contribution >= 4 is 19.8 Å². The Balaban J connectivity index is 4.35. The maximum absolute atomic E-state index is 12.4. The summed E-state index contributed by atoms with van der Waals surface area (Å²) in [6.07, 6.45) is 41.0. The summed E-state index contributed by atoms with van der Waals surface area (Å²) in [6.45, 7) is 3.47. The average Bonchev–Trinajstić information content (AvgIpc) is 3.08. The number of carbonyl (C=O) groups excluding carboxylic acids is 2. The minimum Gasteiger partial charge on any atom is -0.462 e. The van der Waals surface area contributed by atoms with Gasteiger partial charge in [-0.1, -0.05) is 138 Å². The molecule has 0 bridgehead atoms. The van der Waals surface area contributed by atoms with Gasteiger partial charge in [0.1, 0.15) is 6.61 Å². The van der Waals surface area contributed by atoms with Crippen LogP contribution < -0.4 is 5.73 Å². The standard InChI is InChI=1S/C39H66NO8P/c1-3-5-7-9-11-13-14-15-16-17-18-19-20-21-22-24-25-27-29-31-38(41)45-35-37(36-47-49(43,44)46-34-33-40)48-39(42)32-30-28-26-23-12-10-8-6-4-2/h5,7,11,13,15-16,18-19,21-22,25,27,37H,3-4,6,8-10,12,14,17,20,23-24,26,28-36,40H2,1-2H3,(H,43,44)/b7-5+,13-11+,16-15+,19-18+,22-21+,27-25+/t37-/m0/s1. The first-order chi connectivity index (χ1) is 23.8. The van der Waals surface area contributed by atoms with E-state index in [0.29, 0.717) is 12.8 Å². The van der Waals surface area contributed by atoms with Crippen molar-refractivity contribution in [2.24, 2.45) is 5.73 Å². The van der Waals surface area contributed by atoms with Crippen LogP contribution in [0.4, 0.5) is 0 Å². The number of hydrogen-bond donors (Lipinski definition) is 2. The molecule has 10 heteroatoms. The fourth-order valence-corrected chi connectivity index (χ4v) is 5.19. The molecule has 0 amide bonds. The van der Waals surface area contributed by atoms with Crippen LogP contribution in [0.5, 0.6) is 0 Å². The second kappa shape index (κ2) is 35.3. The molecule has 0 aromatic carbocycles. The topological polar surface area (TPSA) is 134 Å². The lowest BCUT2D eigenvalue weighted by atomic mass is 10.1. The van der Waals surface area contributed by atoms with E-state index >= 15 is 0 Å². The van der Waals surface area contributed by atoms with Crippen molar-refractivity contribution in [2.45, 2.75) is 136 Å². The Morgan fingerprint density at radius 2 is 1.12 bits per heavy atom. The summed E-state index contributed by atoms with van der Waals surface area (Å²) in [5, 5.41) is 0. The molecule has 0 fully saturated rings. The highest BCUT2D eigenvalue weighted by atomic mass is 31.2. The van der Waals surface area contributed by atoms with E-state index in [1.165, 1.54) is 32.1 Å². The largest absolute Gasteiger partial charge is 0.472 e. The number of phosphoric acid groups is 1. The Bertz CT molecular complexity index is 1030. The molecule has 280 valence electrons. The van der Waals surface area contributed by atoms with Crippen molar-refractivity contribution < 1.29 is 37.6 Å². The number of hydrogen-bond acceptors (Lipinski definition) is 8. The van der Waals surface area contributed by atoms with Gasteiger partial charge in [0.15, 0.2) is 6.10 Å². The SMILES string of the molecule is CC/C=C/C/C=C/C/C=C/C/C=C/C/C=C/C/C=C/CCC(=O)OC[C@@H](COP(=O)(O)OCCN)OC(=O)CCCCCCCCCCC. The molecule has 0 aromatic rings. The minimum atomic E-state index is -4.38. The molecule has 0 spiro atoms. The second-order valence-electron chi connectivity index (χ2n) is 11.7. The van der Waals surface area contributed by atoms with Crippen molar-refractivity contribution in [2.75, 3.05) is 26.4 Å². The molecule has 1 unspecified atom stereocenters. The molecule has 0 aliphatic heterocycles. The van der Waals surface area contributed by atoms with Crippen molar-refractivity contribution in [3.63, 3.8) is 0 Å². The van der Waals surface area contributed by atoms with Gasteiger partial charge in [0.2, 0.25) is 0 Å². The highest BCUT2D eigenvalue weighted by molar-refractivity contribution is 7.47. The van der Waals surface area contributed by atoms with Crippen molar-refractivity contribution in [1.82, 2.24) is 0 Å². The van der Waals surface area contributed by atoms with E-state index in [4.69, 9.17) is 24.3 Å². The number of phosphoric ester groups is 1. The van der Waals surface area contributed by atoms with Gasteiger partial charge in [0.25, 0.3) is 0 Å². The Morgan fingerprint density at radius 3 is 1.63 bits per heavy atom. The van der Waals surface area contributed by atoms with Gasteiger partial charge >= 0.3 is 19.8 Å². The third-order valence-corrected chi connectivity index (χ3v) is 8.10. The Morgan fingerprint density at radius 1 is 0.633 bits per heavy atom. The van der Waals surface area contributed by atoms with Crippen LogP contribution >= 0.6 is 7.82 Å². The first-order valence-corrected chi connectivity index (χ1v) is 19.9. The summed E-state index contributed by atoms with van der Waals surface area (Å²) in [7, 11) is -4.38. The van der Waals surface area contributed by atoms with Crippen molar-refractivity contribution in [3.05, 3.63) is 72.9 Å². The highest BCUT2D eigenvalue weighted by Gasteiger charge is 2.25. The van der Waals surface area contributed by atoms with Gasteiger partial charge in [-0.3, -0.25) is 18.6 Å². The third-order valence-electron chi connectivity index (χ3n) is 7.12. The van der Waals surface area contributed by atoms with Crippen LogP contribution in [0.1, 0.15) is 129 Å². The molecule has 3 N–H and O–H groups in total. The fraction of sp³-hybridized carbons (Fsp3) is 0.641. The quantitative estimate of drug-likeness (QED) is 0.0296. The normalized spacial score (nSPS) is 14.3. The van der Waals surface area contributed by atoms with E-state index in [9.17, 15) is 19.0 Å². The molecule has 0 aliphatic rings. The first kappa shape index (κ1) is 46.5. The Kier molecular flexibility index (Phi) is 33.4. The van der Waals surface area contributed by atoms with Crippen LogP contribution in [-0.4, -0.2) is 49.3 Å². The molecule has 2 atom stereocenters. The van der Waals surface area contributed by atoms with E-state index in [1.807, 2.05) is 12.2 Å². The Hall–Kier alpha value is -2.55. The molecule has 0 heterocycles. The van der Waals surface area contributed by atoms with E-state index in [-0.39, 0.29) is 32.6 Å². The predicted octanol–water partition coefficient (Wildman–Crippen LogP) is 9.93. The van der Waals surface area contributed by atoms with Gasteiger partial charge in [-0.15, -0.1) is 0 Å². The number of esters is 2. The number of rotatable bonds is 33. The average molecular weight is 708 g/mol. The van der Waals surface area contributed by atoms with Crippen LogP contribution in [0.2, 0.25) is 0 Å². The lowest BCUT2D eigenvalue weighted by molar-refractivity contribution is -0.161. The van der Waals surface area contributed by atoms with Crippen LogP contribution in [-0.2, 0) is 32.7 Å². The molecule has 0 radical (unpaired) electrons. The number of allylic oxidation sites excluding steroid dienone is 12. The van der Waals surface area contributed by atoms with Crippen molar-refractivity contribution in [1.29, 1.82) is 0 Å². The van der Waals surface area contributed by atoms with Gasteiger partial charge in [0, 0.05) is 19.4 Å². The summed E-state index contributed by atoms with van der Waals surface area (Å²) in [5.41, 5.74) is 5.31. The third kappa shape index (κ3) is 35.1. The van der Waals surface area contributed by atoms with Crippen LogP contribution in [0, 0.1) is 0 Å². The molecule has 0 aliphatic carbocycles.